The van der Waals surface area contributed by atoms with Gasteiger partial charge in [0.2, 0.25) is 5.91 Å². The molecule has 1 aromatic rings. The van der Waals surface area contributed by atoms with Crippen LogP contribution >= 0.6 is 11.6 Å². The van der Waals surface area contributed by atoms with E-state index in [-0.39, 0.29) is 17.7 Å². The molecule has 1 fully saturated rings. The summed E-state index contributed by atoms with van der Waals surface area (Å²) in [7, 11) is 0. The predicted octanol–water partition coefficient (Wildman–Crippen LogP) is 2.72. The Morgan fingerprint density at radius 2 is 1.81 bits per heavy atom. The molecule has 114 valence electrons. The second-order valence-electron chi connectivity index (χ2n) is 5.71. The van der Waals surface area contributed by atoms with Crippen LogP contribution in [0.5, 0.6) is 0 Å². The summed E-state index contributed by atoms with van der Waals surface area (Å²) in [4.78, 5) is 26.7. The van der Waals surface area contributed by atoms with Crippen molar-refractivity contribution in [3.63, 3.8) is 0 Å². The summed E-state index contributed by atoms with van der Waals surface area (Å²) in [5.74, 6) is -0.265. The average molecular weight is 309 g/mol. The fourth-order valence-corrected chi connectivity index (χ4v) is 2.73. The number of rotatable bonds is 4. The third-order valence-electron chi connectivity index (χ3n) is 3.76. The Balaban J connectivity index is 2.11. The van der Waals surface area contributed by atoms with Crippen LogP contribution in [0.2, 0.25) is 5.02 Å². The van der Waals surface area contributed by atoms with Crippen LogP contribution in [0.4, 0.5) is 0 Å². The monoisotopic (exact) mass is 308 g/mol. The molecule has 1 aromatic carbocycles. The van der Waals surface area contributed by atoms with Gasteiger partial charge >= 0.3 is 0 Å². The van der Waals surface area contributed by atoms with Gasteiger partial charge in [0.05, 0.1) is 10.6 Å². The van der Waals surface area contributed by atoms with Gasteiger partial charge in [0.15, 0.2) is 0 Å². The summed E-state index contributed by atoms with van der Waals surface area (Å²) in [5.41, 5.74) is 0.402. The van der Waals surface area contributed by atoms with Crippen LogP contribution in [0, 0.1) is 5.92 Å². The van der Waals surface area contributed by atoms with E-state index in [4.69, 9.17) is 11.6 Å². The zero-order valence-electron chi connectivity index (χ0n) is 12.4. The Hall–Kier alpha value is -1.55. The van der Waals surface area contributed by atoms with E-state index < -0.39 is 6.04 Å². The molecule has 1 saturated heterocycles. The average Bonchev–Trinajstić information content (AvgIpc) is 2.98. The molecule has 1 aliphatic heterocycles. The summed E-state index contributed by atoms with van der Waals surface area (Å²) in [6.07, 6.45) is 2.07. The highest BCUT2D eigenvalue weighted by Gasteiger charge is 2.30. The lowest BCUT2D eigenvalue weighted by Crippen LogP contribution is -2.50. The molecule has 0 bridgehead atoms. The number of amides is 2. The number of nitrogens with zero attached hydrogens (tertiary/aromatic N) is 1. The maximum Gasteiger partial charge on any atom is 0.253 e. The molecule has 0 aliphatic carbocycles. The van der Waals surface area contributed by atoms with E-state index in [9.17, 15) is 9.59 Å². The zero-order valence-corrected chi connectivity index (χ0v) is 13.2. The third kappa shape index (κ3) is 3.76. The molecule has 0 unspecified atom stereocenters. The Morgan fingerprint density at radius 3 is 2.38 bits per heavy atom. The van der Waals surface area contributed by atoms with Gasteiger partial charge in [-0.15, -0.1) is 0 Å². The predicted molar refractivity (Wildman–Crippen MR) is 83.4 cm³/mol. The summed E-state index contributed by atoms with van der Waals surface area (Å²) >= 11 is 6.03. The molecule has 21 heavy (non-hydrogen) atoms. The van der Waals surface area contributed by atoms with E-state index in [1.54, 1.807) is 24.3 Å². The van der Waals surface area contributed by atoms with Crippen molar-refractivity contribution in [3.05, 3.63) is 34.9 Å². The van der Waals surface area contributed by atoms with Crippen molar-refractivity contribution >= 4 is 23.4 Å². The van der Waals surface area contributed by atoms with Crippen LogP contribution in [-0.4, -0.2) is 35.8 Å². The minimum atomic E-state index is -0.508. The summed E-state index contributed by atoms with van der Waals surface area (Å²) in [6, 6.07) is 6.35. The van der Waals surface area contributed by atoms with Crippen LogP contribution in [-0.2, 0) is 4.79 Å². The molecule has 5 heteroatoms. The van der Waals surface area contributed by atoms with Crippen molar-refractivity contribution in [2.75, 3.05) is 13.1 Å². The van der Waals surface area contributed by atoms with E-state index in [2.05, 4.69) is 5.32 Å². The number of likely N-dealkylation sites (tertiary alicyclic amines) is 1. The molecule has 2 rings (SSSR count). The van der Waals surface area contributed by atoms with Crippen molar-refractivity contribution < 1.29 is 9.59 Å². The number of carbonyl (C=O) groups is 2. The normalized spacial score (nSPS) is 16.1. The van der Waals surface area contributed by atoms with Crippen LogP contribution in [0.1, 0.15) is 37.0 Å². The number of hydrogen-bond acceptors (Lipinski definition) is 2. The standard InChI is InChI=1S/C16H21ClN2O2/c1-11(2)14(16(21)19-9-5-6-10-19)18-15(20)12-7-3-4-8-13(12)17/h3-4,7-8,11,14H,5-6,9-10H2,1-2H3,(H,18,20)/t14-/m1/s1. The molecular weight excluding hydrogens is 288 g/mol. The lowest BCUT2D eigenvalue weighted by molar-refractivity contribution is -0.133. The van der Waals surface area contributed by atoms with E-state index in [1.807, 2.05) is 18.7 Å². The Labute approximate surface area is 130 Å². The van der Waals surface area contributed by atoms with Crippen molar-refractivity contribution in [1.29, 1.82) is 0 Å². The van der Waals surface area contributed by atoms with Gasteiger partial charge < -0.3 is 10.2 Å². The maximum absolute atomic E-state index is 12.5. The number of carbonyl (C=O) groups excluding carboxylic acids is 2. The van der Waals surface area contributed by atoms with Crippen LogP contribution < -0.4 is 5.32 Å². The maximum atomic E-state index is 12.5. The van der Waals surface area contributed by atoms with Gasteiger partial charge in [-0.2, -0.15) is 0 Å². The van der Waals surface area contributed by atoms with E-state index >= 15 is 0 Å². The molecule has 2 amide bonds. The SMILES string of the molecule is CC(C)[C@@H](NC(=O)c1ccccc1Cl)C(=O)N1CCCC1. The molecule has 1 aliphatic rings. The molecule has 1 N–H and O–H groups in total. The van der Waals surface area contributed by atoms with Crippen molar-refractivity contribution in [3.8, 4) is 0 Å². The topological polar surface area (TPSA) is 49.4 Å². The Kier molecular flexibility index (Phi) is 5.23. The van der Waals surface area contributed by atoms with Gasteiger partial charge in [0, 0.05) is 13.1 Å². The summed E-state index contributed by atoms with van der Waals surface area (Å²) in [6.45, 7) is 5.44. The molecule has 0 spiro atoms. The molecule has 0 aromatic heterocycles. The van der Waals surface area contributed by atoms with Crippen molar-refractivity contribution in [2.45, 2.75) is 32.7 Å². The van der Waals surface area contributed by atoms with Crippen LogP contribution in [0.25, 0.3) is 0 Å². The summed E-state index contributed by atoms with van der Waals surface area (Å²) < 4.78 is 0. The number of hydrogen-bond donors (Lipinski definition) is 1. The van der Waals surface area contributed by atoms with E-state index in [0.29, 0.717) is 10.6 Å². The van der Waals surface area contributed by atoms with E-state index in [0.717, 1.165) is 25.9 Å². The highest BCUT2D eigenvalue weighted by molar-refractivity contribution is 6.33. The largest absolute Gasteiger partial charge is 0.341 e. The molecule has 0 saturated carbocycles. The molecular formula is C16H21ClN2O2. The van der Waals surface area contributed by atoms with Gasteiger partial charge in [0.25, 0.3) is 5.91 Å². The molecule has 0 radical (unpaired) electrons. The first-order valence-electron chi connectivity index (χ1n) is 7.35. The smallest absolute Gasteiger partial charge is 0.253 e. The summed E-state index contributed by atoms with van der Waals surface area (Å²) in [5, 5.41) is 3.23. The lowest BCUT2D eigenvalue weighted by atomic mass is 10.0. The highest BCUT2D eigenvalue weighted by atomic mass is 35.5. The first kappa shape index (κ1) is 15.8. The number of halogens is 1. The highest BCUT2D eigenvalue weighted by Crippen LogP contribution is 2.17. The minimum Gasteiger partial charge on any atom is -0.341 e. The van der Waals surface area contributed by atoms with Crippen LogP contribution in [0.3, 0.4) is 0 Å². The minimum absolute atomic E-state index is 0.00269. The first-order chi connectivity index (χ1) is 10.0. The van der Waals surface area contributed by atoms with Crippen LogP contribution in [0.15, 0.2) is 24.3 Å². The first-order valence-corrected chi connectivity index (χ1v) is 7.72. The van der Waals surface area contributed by atoms with Crippen molar-refractivity contribution in [1.82, 2.24) is 10.2 Å². The second-order valence-corrected chi connectivity index (χ2v) is 6.11. The van der Waals surface area contributed by atoms with Gasteiger partial charge in [0.1, 0.15) is 6.04 Å². The quantitative estimate of drug-likeness (QED) is 0.930. The lowest BCUT2D eigenvalue weighted by Gasteiger charge is -2.26. The van der Waals surface area contributed by atoms with Gasteiger partial charge in [-0.1, -0.05) is 37.6 Å². The fourth-order valence-electron chi connectivity index (χ4n) is 2.51. The Morgan fingerprint density at radius 1 is 1.19 bits per heavy atom. The molecule has 1 heterocycles. The number of nitrogens with one attached hydrogen (secondary N) is 1. The number of benzene rings is 1. The zero-order chi connectivity index (χ0) is 15.4. The third-order valence-corrected chi connectivity index (χ3v) is 4.09. The Bertz CT molecular complexity index is 525. The van der Waals surface area contributed by atoms with Gasteiger partial charge in [-0.3, -0.25) is 9.59 Å². The van der Waals surface area contributed by atoms with Gasteiger partial charge in [-0.25, -0.2) is 0 Å². The van der Waals surface area contributed by atoms with E-state index in [1.165, 1.54) is 0 Å². The van der Waals surface area contributed by atoms with Gasteiger partial charge in [-0.05, 0) is 30.9 Å². The molecule has 1 atom stereocenters. The molecule has 4 nitrogen and oxygen atoms in total. The van der Waals surface area contributed by atoms with Crippen molar-refractivity contribution in [2.24, 2.45) is 5.92 Å². The second kappa shape index (κ2) is 6.94. The fraction of sp³-hybridized carbons (Fsp3) is 0.500.